The van der Waals surface area contributed by atoms with E-state index in [1.165, 1.54) is 0 Å². The first kappa shape index (κ1) is 13.0. The van der Waals surface area contributed by atoms with Gasteiger partial charge in [-0.1, -0.05) is 6.07 Å². The number of imidazole rings is 1. The third-order valence-corrected chi connectivity index (χ3v) is 3.94. The first-order valence-electron chi connectivity index (χ1n) is 7.15. The van der Waals surface area contributed by atoms with Gasteiger partial charge in [-0.15, -0.1) is 0 Å². The number of nitrogen functional groups attached to an aromatic ring is 1. The van der Waals surface area contributed by atoms with Crippen molar-refractivity contribution in [1.82, 2.24) is 14.5 Å². The van der Waals surface area contributed by atoms with Gasteiger partial charge in [-0.25, -0.2) is 4.98 Å². The fourth-order valence-electron chi connectivity index (χ4n) is 2.83. The minimum atomic E-state index is 0.218. The van der Waals surface area contributed by atoms with Gasteiger partial charge in [-0.05, 0) is 37.5 Å². The summed E-state index contributed by atoms with van der Waals surface area (Å²) in [6, 6.07) is 6.08. The maximum Gasteiger partial charge on any atom is 0.224 e. The van der Waals surface area contributed by atoms with Crippen LogP contribution in [0.5, 0.6) is 0 Å². The van der Waals surface area contributed by atoms with E-state index in [1.54, 1.807) is 0 Å². The Morgan fingerprint density at radius 3 is 2.85 bits per heavy atom. The van der Waals surface area contributed by atoms with E-state index in [9.17, 15) is 4.79 Å². The lowest BCUT2D eigenvalue weighted by Crippen LogP contribution is -2.28. The van der Waals surface area contributed by atoms with Crippen molar-refractivity contribution in [3.63, 3.8) is 0 Å². The van der Waals surface area contributed by atoms with E-state index in [0.717, 1.165) is 42.5 Å². The third kappa shape index (κ3) is 2.35. The maximum atomic E-state index is 12.1. The van der Waals surface area contributed by atoms with Crippen molar-refractivity contribution in [2.24, 2.45) is 0 Å². The van der Waals surface area contributed by atoms with Crippen LogP contribution in [0.3, 0.4) is 0 Å². The zero-order chi connectivity index (χ0) is 14.1. The SMILES string of the molecule is Cc1ccc2c(c1)nc(N)n2CCC(=O)N1CCCC1. The first-order valence-corrected chi connectivity index (χ1v) is 7.15. The highest BCUT2D eigenvalue weighted by molar-refractivity contribution is 5.80. The molecule has 2 heterocycles. The lowest BCUT2D eigenvalue weighted by molar-refractivity contribution is -0.130. The fourth-order valence-corrected chi connectivity index (χ4v) is 2.83. The molecule has 1 amide bonds. The molecular formula is C15H20N4O. The molecule has 1 aliphatic rings. The van der Waals surface area contributed by atoms with Crippen LogP contribution in [-0.4, -0.2) is 33.4 Å². The Labute approximate surface area is 118 Å². The molecule has 20 heavy (non-hydrogen) atoms. The average molecular weight is 272 g/mol. The summed E-state index contributed by atoms with van der Waals surface area (Å²) in [5.74, 6) is 0.704. The van der Waals surface area contributed by atoms with E-state index in [1.807, 2.05) is 34.6 Å². The predicted molar refractivity (Wildman–Crippen MR) is 79.3 cm³/mol. The van der Waals surface area contributed by atoms with Gasteiger partial charge in [0.1, 0.15) is 0 Å². The van der Waals surface area contributed by atoms with Crippen molar-refractivity contribution < 1.29 is 4.79 Å². The molecule has 5 heteroatoms. The van der Waals surface area contributed by atoms with E-state index in [2.05, 4.69) is 4.98 Å². The summed E-state index contributed by atoms with van der Waals surface area (Å²) >= 11 is 0. The number of anilines is 1. The number of rotatable bonds is 3. The number of likely N-dealkylation sites (tertiary alicyclic amines) is 1. The molecule has 1 aromatic heterocycles. The Morgan fingerprint density at radius 1 is 1.35 bits per heavy atom. The van der Waals surface area contributed by atoms with E-state index in [-0.39, 0.29) is 5.91 Å². The molecule has 3 rings (SSSR count). The molecule has 0 bridgehead atoms. The Balaban J connectivity index is 1.77. The second kappa shape index (κ2) is 5.15. The second-order valence-electron chi connectivity index (χ2n) is 5.45. The van der Waals surface area contributed by atoms with Crippen LogP contribution in [0, 0.1) is 6.92 Å². The molecule has 0 radical (unpaired) electrons. The molecule has 106 valence electrons. The summed E-state index contributed by atoms with van der Waals surface area (Å²) in [5.41, 5.74) is 9.03. The number of nitrogens with zero attached hydrogens (tertiary/aromatic N) is 3. The number of benzene rings is 1. The average Bonchev–Trinajstić information content (AvgIpc) is 3.03. The number of amides is 1. The minimum absolute atomic E-state index is 0.218. The smallest absolute Gasteiger partial charge is 0.224 e. The van der Waals surface area contributed by atoms with Crippen LogP contribution in [0.15, 0.2) is 18.2 Å². The summed E-state index contributed by atoms with van der Waals surface area (Å²) in [5, 5.41) is 0. The van der Waals surface area contributed by atoms with Crippen LogP contribution < -0.4 is 5.73 Å². The molecular weight excluding hydrogens is 252 g/mol. The van der Waals surface area contributed by atoms with Gasteiger partial charge in [0.2, 0.25) is 11.9 Å². The Bertz CT molecular complexity index is 641. The number of nitrogens with two attached hydrogens (primary N) is 1. The molecule has 0 saturated carbocycles. The number of carbonyl (C=O) groups excluding carboxylic acids is 1. The summed E-state index contributed by atoms with van der Waals surface area (Å²) < 4.78 is 1.93. The Hall–Kier alpha value is -2.04. The van der Waals surface area contributed by atoms with E-state index < -0.39 is 0 Å². The maximum absolute atomic E-state index is 12.1. The zero-order valence-corrected chi connectivity index (χ0v) is 11.8. The van der Waals surface area contributed by atoms with Crippen LogP contribution in [0.2, 0.25) is 0 Å². The molecule has 5 nitrogen and oxygen atoms in total. The summed E-state index contributed by atoms with van der Waals surface area (Å²) in [6.07, 6.45) is 2.74. The highest BCUT2D eigenvalue weighted by atomic mass is 16.2. The number of carbonyl (C=O) groups is 1. The van der Waals surface area contributed by atoms with Crippen molar-refractivity contribution >= 4 is 22.9 Å². The van der Waals surface area contributed by atoms with Gasteiger partial charge in [0, 0.05) is 26.1 Å². The van der Waals surface area contributed by atoms with Crippen molar-refractivity contribution in [2.45, 2.75) is 32.7 Å². The van der Waals surface area contributed by atoms with Crippen molar-refractivity contribution in [1.29, 1.82) is 0 Å². The normalized spacial score (nSPS) is 15.2. The van der Waals surface area contributed by atoms with Crippen molar-refractivity contribution in [3.8, 4) is 0 Å². The van der Waals surface area contributed by atoms with Crippen LogP contribution >= 0.6 is 0 Å². The van der Waals surface area contributed by atoms with Gasteiger partial charge < -0.3 is 15.2 Å². The number of hydrogen-bond donors (Lipinski definition) is 1. The quantitative estimate of drug-likeness (QED) is 0.928. The topological polar surface area (TPSA) is 64.1 Å². The number of hydrogen-bond acceptors (Lipinski definition) is 3. The molecule has 0 spiro atoms. The van der Waals surface area contributed by atoms with Gasteiger partial charge in [-0.3, -0.25) is 4.79 Å². The molecule has 2 N–H and O–H groups in total. The summed E-state index contributed by atoms with van der Waals surface area (Å²) in [4.78, 5) is 18.4. The Morgan fingerprint density at radius 2 is 2.10 bits per heavy atom. The summed E-state index contributed by atoms with van der Waals surface area (Å²) in [7, 11) is 0. The largest absolute Gasteiger partial charge is 0.369 e. The fraction of sp³-hybridized carbons (Fsp3) is 0.467. The number of aromatic nitrogens is 2. The lowest BCUT2D eigenvalue weighted by atomic mass is 10.2. The molecule has 1 aromatic carbocycles. The van der Waals surface area contributed by atoms with E-state index in [0.29, 0.717) is 18.9 Å². The van der Waals surface area contributed by atoms with Crippen molar-refractivity contribution in [3.05, 3.63) is 23.8 Å². The molecule has 2 aromatic rings. The van der Waals surface area contributed by atoms with Gasteiger partial charge in [-0.2, -0.15) is 0 Å². The van der Waals surface area contributed by atoms with Gasteiger partial charge in [0.15, 0.2) is 0 Å². The van der Waals surface area contributed by atoms with Crippen LogP contribution in [0.4, 0.5) is 5.95 Å². The molecule has 0 atom stereocenters. The van der Waals surface area contributed by atoms with Gasteiger partial charge in [0.05, 0.1) is 11.0 Å². The molecule has 1 saturated heterocycles. The highest BCUT2D eigenvalue weighted by Gasteiger charge is 2.18. The number of fused-ring (bicyclic) bond motifs is 1. The van der Waals surface area contributed by atoms with E-state index in [4.69, 9.17) is 5.73 Å². The third-order valence-electron chi connectivity index (χ3n) is 3.94. The van der Waals surface area contributed by atoms with Gasteiger partial charge >= 0.3 is 0 Å². The lowest BCUT2D eigenvalue weighted by Gasteiger charge is -2.15. The van der Waals surface area contributed by atoms with Crippen LogP contribution in [0.25, 0.3) is 11.0 Å². The van der Waals surface area contributed by atoms with E-state index >= 15 is 0 Å². The second-order valence-corrected chi connectivity index (χ2v) is 5.45. The highest BCUT2D eigenvalue weighted by Crippen LogP contribution is 2.20. The predicted octanol–water partition coefficient (Wildman–Crippen LogP) is 1.94. The monoisotopic (exact) mass is 272 g/mol. The standard InChI is InChI=1S/C15H20N4O/c1-11-4-5-13-12(10-11)17-15(16)19(13)9-6-14(20)18-7-2-3-8-18/h4-5,10H,2-3,6-9H2,1H3,(H2,16,17). The molecule has 0 aliphatic carbocycles. The van der Waals surface area contributed by atoms with Crippen molar-refractivity contribution in [2.75, 3.05) is 18.8 Å². The molecule has 1 fully saturated rings. The first-order chi connectivity index (χ1) is 9.65. The Kier molecular flexibility index (Phi) is 3.34. The summed E-state index contributed by atoms with van der Waals surface area (Å²) in [6.45, 7) is 4.43. The van der Waals surface area contributed by atoms with Crippen LogP contribution in [0.1, 0.15) is 24.8 Å². The molecule has 1 aliphatic heterocycles. The minimum Gasteiger partial charge on any atom is -0.369 e. The zero-order valence-electron chi connectivity index (χ0n) is 11.8. The van der Waals surface area contributed by atoms with Crippen LogP contribution in [-0.2, 0) is 11.3 Å². The molecule has 0 unspecified atom stereocenters. The number of aryl methyl sites for hydroxylation is 2. The van der Waals surface area contributed by atoms with Gasteiger partial charge in [0.25, 0.3) is 0 Å².